The highest BCUT2D eigenvalue weighted by Crippen LogP contribution is 2.37. The number of hydrogen-bond donors (Lipinski definition) is 1. The third-order valence-corrected chi connectivity index (χ3v) is 3.69. The van der Waals surface area contributed by atoms with Crippen LogP contribution < -0.4 is 10.2 Å². The lowest BCUT2D eigenvalue weighted by molar-refractivity contribution is 0.428. The summed E-state index contributed by atoms with van der Waals surface area (Å²) in [5, 5.41) is 3.32. The summed E-state index contributed by atoms with van der Waals surface area (Å²) in [7, 11) is 0. The molecule has 0 amide bonds. The van der Waals surface area contributed by atoms with Crippen molar-refractivity contribution in [2.45, 2.75) is 18.8 Å². The van der Waals surface area contributed by atoms with Gasteiger partial charge in [-0.05, 0) is 12.8 Å². The van der Waals surface area contributed by atoms with Crippen LogP contribution in [-0.2, 0) is 6.42 Å². The monoisotopic (exact) mass is 308 g/mol. The van der Waals surface area contributed by atoms with Crippen LogP contribution in [0.15, 0.2) is 6.33 Å². The maximum atomic E-state index is 13.0. The standard InChI is InChI=1S/C12H17FN4.2ClH/c13-7-9-1-2-10-11(9)12(16-8-15-10)17-5-3-14-4-6-17;;/h8-9,14H,1-7H2;2*1H/t9-;;/m0../s1. The summed E-state index contributed by atoms with van der Waals surface area (Å²) >= 11 is 0. The zero-order valence-electron chi connectivity index (χ0n) is 10.6. The minimum Gasteiger partial charge on any atom is -0.354 e. The van der Waals surface area contributed by atoms with Crippen LogP contribution in [0, 0.1) is 0 Å². The zero-order chi connectivity index (χ0) is 11.7. The van der Waals surface area contributed by atoms with Crippen LogP contribution in [0.5, 0.6) is 0 Å². The average molecular weight is 309 g/mol. The van der Waals surface area contributed by atoms with E-state index in [1.807, 2.05) is 0 Å². The lowest BCUT2D eigenvalue weighted by Gasteiger charge is -2.30. The molecule has 1 aliphatic carbocycles. The van der Waals surface area contributed by atoms with Gasteiger partial charge < -0.3 is 10.2 Å². The van der Waals surface area contributed by atoms with E-state index in [1.165, 1.54) is 0 Å². The zero-order valence-corrected chi connectivity index (χ0v) is 12.3. The van der Waals surface area contributed by atoms with Crippen molar-refractivity contribution in [3.8, 4) is 0 Å². The Bertz CT molecular complexity index is 413. The highest BCUT2D eigenvalue weighted by molar-refractivity contribution is 5.85. The SMILES string of the molecule is Cl.Cl.FC[C@@H]1CCc2ncnc(N3CCNCC3)c21. The second-order valence-corrected chi connectivity index (χ2v) is 4.68. The summed E-state index contributed by atoms with van der Waals surface area (Å²) in [6, 6.07) is 0. The van der Waals surface area contributed by atoms with Crippen LogP contribution >= 0.6 is 24.8 Å². The lowest BCUT2D eigenvalue weighted by atomic mass is 10.0. The largest absolute Gasteiger partial charge is 0.354 e. The van der Waals surface area contributed by atoms with Gasteiger partial charge in [-0.2, -0.15) is 0 Å². The summed E-state index contributed by atoms with van der Waals surface area (Å²) in [5.41, 5.74) is 2.12. The van der Waals surface area contributed by atoms with E-state index in [4.69, 9.17) is 0 Å². The summed E-state index contributed by atoms with van der Waals surface area (Å²) in [6.45, 7) is 3.54. The molecule has 2 aliphatic rings. The molecule has 3 rings (SSSR count). The van der Waals surface area contributed by atoms with E-state index in [0.29, 0.717) is 0 Å². The van der Waals surface area contributed by atoms with Crippen molar-refractivity contribution in [3.63, 3.8) is 0 Å². The van der Waals surface area contributed by atoms with Crippen molar-refractivity contribution in [1.82, 2.24) is 15.3 Å². The van der Waals surface area contributed by atoms with E-state index in [-0.39, 0.29) is 37.4 Å². The molecule has 1 saturated heterocycles. The summed E-state index contributed by atoms with van der Waals surface area (Å²) in [6.07, 6.45) is 3.39. The van der Waals surface area contributed by atoms with Crippen molar-refractivity contribution in [1.29, 1.82) is 0 Å². The van der Waals surface area contributed by atoms with E-state index in [0.717, 1.165) is 56.1 Å². The number of rotatable bonds is 2. The van der Waals surface area contributed by atoms with E-state index >= 15 is 0 Å². The van der Waals surface area contributed by atoms with Gasteiger partial charge in [-0.3, -0.25) is 4.39 Å². The number of nitrogens with zero attached hydrogens (tertiary/aromatic N) is 3. The van der Waals surface area contributed by atoms with Crippen molar-refractivity contribution >= 4 is 30.6 Å². The molecule has 0 aromatic carbocycles. The van der Waals surface area contributed by atoms with Crippen LogP contribution in [-0.4, -0.2) is 42.8 Å². The normalized spacial score (nSPS) is 21.3. The Morgan fingerprint density at radius 3 is 2.68 bits per heavy atom. The van der Waals surface area contributed by atoms with Gasteiger partial charge in [0.1, 0.15) is 12.1 Å². The smallest absolute Gasteiger partial charge is 0.135 e. The van der Waals surface area contributed by atoms with Gasteiger partial charge in [-0.25, -0.2) is 9.97 Å². The maximum absolute atomic E-state index is 13.0. The van der Waals surface area contributed by atoms with Crippen molar-refractivity contribution < 1.29 is 4.39 Å². The Morgan fingerprint density at radius 2 is 2.00 bits per heavy atom. The molecule has 1 aromatic heterocycles. The molecular weight excluding hydrogens is 290 g/mol. The summed E-state index contributed by atoms with van der Waals surface area (Å²) in [4.78, 5) is 10.9. The Balaban J connectivity index is 0.000000902. The molecule has 0 saturated carbocycles. The molecule has 1 N–H and O–H groups in total. The molecule has 1 aliphatic heterocycles. The van der Waals surface area contributed by atoms with Gasteiger partial charge in [-0.15, -0.1) is 24.8 Å². The Morgan fingerprint density at radius 1 is 1.26 bits per heavy atom. The number of fused-ring (bicyclic) bond motifs is 1. The molecule has 0 unspecified atom stereocenters. The quantitative estimate of drug-likeness (QED) is 0.903. The average Bonchev–Trinajstić information content (AvgIpc) is 2.82. The van der Waals surface area contributed by atoms with Crippen LogP contribution in [0.3, 0.4) is 0 Å². The summed E-state index contributed by atoms with van der Waals surface area (Å²) in [5.74, 6) is 0.979. The highest BCUT2D eigenvalue weighted by Gasteiger charge is 2.29. The fraction of sp³-hybridized carbons (Fsp3) is 0.667. The molecule has 1 atom stereocenters. The Kier molecular flexibility index (Phi) is 6.23. The molecule has 0 spiro atoms. The van der Waals surface area contributed by atoms with Gasteiger partial charge in [-0.1, -0.05) is 0 Å². The predicted molar refractivity (Wildman–Crippen MR) is 78.6 cm³/mol. The first-order chi connectivity index (χ1) is 8.40. The van der Waals surface area contributed by atoms with Gasteiger partial charge >= 0.3 is 0 Å². The van der Waals surface area contributed by atoms with E-state index in [1.54, 1.807) is 6.33 Å². The van der Waals surface area contributed by atoms with Crippen LogP contribution in [0.4, 0.5) is 10.2 Å². The van der Waals surface area contributed by atoms with E-state index in [2.05, 4.69) is 20.2 Å². The maximum Gasteiger partial charge on any atom is 0.135 e. The fourth-order valence-electron chi connectivity index (χ4n) is 2.78. The number of piperazine rings is 1. The number of aryl methyl sites for hydroxylation is 1. The number of nitrogens with one attached hydrogen (secondary N) is 1. The van der Waals surface area contributed by atoms with Gasteiger partial charge in [0, 0.05) is 43.4 Å². The van der Waals surface area contributed by atoms with Crippen LogP contribution in [0.2, 0.25) is 0 Å². The molecule has 4 nitrogen and oxygen atoms in total. The number of anilines is 1. The first-order valence-corrected chi connectivity index (χ1v) is 6.25. The molecule has 1 fully saturated rings. The number of aromatic nitrogens is 2. The molecule has 7 heteroatoms. The van der Waals surface area contributed by atoms with Gasteiger partial charge in [0.25, 0.3) is 0 Å². The minimum absolute atomic E-state index is 0. The second-order valence-electron chi connectivity index (χ2n) is 4.68. The highest BCUT2D eigenvalue weighted by atomic mass is 35.5. The molecule has 108 valence electrons. The van der Waals surface area contributed by atoms with Gasteiger partial charge in [0.2, 0.25) is 0 Å². The number of halogens is 3. The first kappa shape index (κ1) is 16.4. The topological polar surface area (TPSA) is 41.1 Å². The van der Waals surface area contributed by atoms with Crippen molar-refractivity contribution in [3.05, 3.63) is 17.6 Å². The molecule has 19 heavy (non-hydrogen) atoms. The summed E-state index contributed by atoms with van der Waals surface area (Å²) < 4.78 is 13.0. The van der Waals surface area contributed by atoms with Crippen molar-refractivity contribution in [2.24, 2.45) is 0 Å². The molecular formula is C12H19Cl2FN4. The molecule has 0 radical (unpaired) electrons. The number of hydrogen-bond acceptors (Lipinski definition) is 4. The van der Waals surface area contributed by atoms with Crippen molar-refractivity contribution in [2.75, 3.05) is 37.8 Å². The third kappa shape index (κ3) is 3.09. The predicted octanol–water partition coefficient (Wildman–Crippen LogP) is 1.73. The fourth-order valence-corrected chi connectivity index (χ4v) is 2.78. The molecule has 1 aromatic rings. The molecule has 2 heterocycles. The molecule has 0 bridgehead atoms. The first-order valence-electron chi connectivity index (χ1n) is 6.25. The Labute approximate surface area is 125 Å². The minimum atomic E-state index is -0.292. The Hall–Kier alpha value is -0.650. The van der Waals surface area contributed by atoms with Gasteiger partial charge in [0.05, 0.1) is 6.67 Å². The van der Waals surface area contributed by atoms with E-state index in [9.17, 15) is 4.39 Å². The third-order valence-electron chi connectivity index (χ3n) is 3.69. The number of alkyl halides is 1. The second kappa shape index (κ2) is 7.22. The lowest BCUT2D eigenvalue weighted by Crippen LogP contribution is -2.44. The van der Waals surface area contributed by atoms with E-state index < -0.39 is 0 Å². The van der Waals surface area contributed by atoms with Gasteiger partial charge in [0.15, 0.2) is 0 Å². The van der Waals surface area contributed by atoms with Crippen LogP contribution in [0.25, 0.3) is 0 Å². The van der Waals surface area contributed by atoms with Crippen LogP contribution in [0.1, 0.15) is 23.6 Å².